The minimum Gasteiger partial charge on any atom is -0.508 e. The van der Waals surface area contributed by atoms with Crippen LogP contribution < -0.4 is 0 Å². The molecule has 3 aromatic rings. The highest BCUT2D eigenvalue weighted by Gasteiger charge is 2.05. The second-order valence-corrected chi connectivity index (χ2v) is 4.39. The van der Waals surface area contributed by atoms with E-state index in [2.05, 4.69) is 17.1 Å². The molecule has 0 aliphatic heterocycles. The Morgan fingerprint density at radius 3 is 2.61 bits per heavy atom. The number of aromatic nitrogens is 1. The van der Waals surface area contributed by atoms with Crippen molar-refractivity contribution in [1.82, 2.24) is 4.98 Å². The van der Waals surface area contributed by atoms with E-state index in [0.29, 0.717) is 0 Å². The van der Waals surface area contributed by atoms with Gasteiger partial charge in [-0.15, -0.1) is 0 Å². The second kappa shape index (κ2) is 4.15. The van der Waals surface area contributed by atoms with Gasteiger partial charge < -0.3 is 5.11 Å². The van der Waals surface area contributed by atoms with Crippen LogP contribution in [0.15, 0.2) is 54.6 Å². The van der Waals surface area contributed by atoms with Crippen molar-refractivity contribution in [3.05, 3.63) is 60.2 Å². The average Bonchev–Trinajstić information content (AvgIpc) is 2.38. The van der Waals surface area contributed by atoms with Crippen LogP contribution in [0.2, 0.25) is 0 Å². The third kappa shape index (κ3) is 1.82. The lowest BCUT2D eigenvalue weighted by Crippen LogP contribution is -1.88. The highest BCUT2D eigenvalue weighted by atomic mass is 16.3. The van der Waals surface area contributed by atoms with Gasteiger partial charge in [-0.05, 0) is 42.8 Å². The van der Waals surface area contributed by atoms with Gasteiger partial charge in [-0.2, -0.15) is 0 Å². The van der Waals surface area contributed by atoms with Crippen molar-refractivity contribution in [1.29, 1.82) is 0 Å². The zero-order valence-electron chi connectivity index (χ0n) is 10.1. The maximum Gasteiger partial charge on any atom is 0.115 e. The van der Waals surface area contributed by atoms with Crippen molar-refractivity contribution in [3.8, 4) is 17.0 Å². The summed E-state index contributed by atoms with van der Waals surface area (Å²) in [7, 11) is 0. The van der Waals surface area contributed by atoms with E-state index in [1.54, 1.807) is 12.1 Å². The zero-order chi connectivity index (χ0) is 12.5. The molecule has 1 heterocycles. The summed E-state index contributed by atoms with van der Waals surface area (Å²) in [4.78, 5) is 4.65. The summed E-state index contributed by atoms with van der Waals surface area (Å²) >= 11 is 0. The first-order chi connectivity index (χ1) is 8.74. The first kappa shape index (κ1) is 10.8. The molecule has 1 aromatic heterocycles. The molecule has 0 atom stereocenters. The van der Waals surface area contributed by atoms with E-state index < -0.39 is 0 Å². The molecule has 0 fully saturated rings. The molecule has 3 rings (SSSR count). The average molecular weight is 235 g/mol. The molecule has 88 valence electrons. The minimum atomic E-state index is 0.289. The van der Waals surface area contributed by atoms with Crippen LogP contribution in [-0.2, 0) is 0 Å². The van der Waals surface area contributed by atoms with Gasteiger partial charge in [0.2, 0.25) is 0 Å². The van der Waals surface area contributed by atoms with Crippen LogP contribution in [0.3, 0.4) is 0 Å². The Hall–Kier alpha value is -2.35. The first-order valence-corrected chi connectivity index (χ1v) is 5.90. The number of phenols is 1. The van der Waals surface area contributed by atoms with E-state index in [0.717, 1.165) is 27.7 Å². The Labute approximate surface area is 106 Å². The molecular weight excluding hydrogens is 222 g/mol. The van der Waals surface area contributed by atoms with E-state index >= 15 is 0 Å². The van der Waals surface area contributed by atoms with Crippen LogP contribution >= 0.6 is 0 Å². The number of rotatable bonds is 1. The molecule has 2 heteroatoms. The highest BCUT2D eigenvalue weighted by Crippen LogP contribution is 2.26. The molecule has 0 bridgehead atoms. The Morgan fingerprint density at radius 2 is 1.78 bits per heavy atom. The van der Waals surface area contributed by atoms with Crippen molar-refractivity contribution < 1.29 is 5.11 Å². The molecule has 0 aliphatic rings. The van der Waals surface area contributed by atoms with Crippen LogP contribution in [0.25, 0.3) is 22.2 Å². The number of pyridine rings is 1. The summed E-state index contributed by atoms with van der Waals surface area (Å²) in [5.74, 6) is 0.289. The standard InChI is InChI=1S/C16H13NO/c1-11-10-13(18)7-8-14(11)16-9-6-12-4-2-3-5-15(12)17-16/h2-10,18H,1H3. The molecule has 2 aromatic carbocycles. The molecule has 0 saturated heterocycles. The molecule has 0 saturated carbocycles. The van der Waals surface area contributed by atoms with Crippen LogP contribution in [0.4, 0.5) is 0 Å². The Bertz CT molecular complexity index is 719. The predicted octanol–water partition coefficient (Wildman–Crippen LogP) is 3.92. The van der Waals surface area contributed by atoms with E-state index in [-0.39, 0.29) is 5.75 Å². The summed E-state index contributed by atoms with van der Waals surface area (Å²) in [5, 5.41) is 10.6. The summed E-state index contributed by atoms with van der Waals surface area (Å²) in [6, 6.07) is 17.5. The van der Waals surface area contributed by atoms with Crippen molar-refractivity contribution >= 4 is 10.9 Å². The Morgan fingerprint density at radius 1 is 0.944 bits per heavy atom. The van der Waals surface area contributed by atoms with Crippen LogP contribution in [-0.4, -0.2) is 10.1 Å². The summed E-state index contributed by atoms with van der Waals surface area (Å²) < 4.78 is 0. The van der Waals surface area contributed by atoms with Gasteiger partial charge in [0.15, 0.2) is 0 Å². The van der Waals surface area contributed by atoms with Crippen LogP contribution in [0, 0.1) is 6.92 Å². The van der Waals surface area contributed by atoms with Crippen molar-refractivity contribution in [2.75, 3.05) is 0 Å². The quantitative estimate of drug-likeness (QED) is 0.693. The van der Waals surface area contributed by atoms with Gasteiger partial charge in [-0.3, -0.25) is 0 Å². The first-order valence-electron chi connectivity index (χ1n) is 5.90. The SMILES string of the molecule is Cc1cc(O)ccc1-c1ccc2ccccc2n1. The van der Waals surface area contributed by atoms with Gasteiger partial charge >= 0.3 is 0 Å². The molecule has 0 radical (unpaired) electrons. The van der Waals surface area contributed by atoms with Crippen molar-refractivity contribution in [3.63, 3.8) is 0 Å². The fourth-order valence-electron chi connectivity index (χ4n) is 2.15. The molecule has 0 spiro atoms. The number of hydrogen-bond acceptors (Lipinski definition) is 2. The third-order valence-electron chi connectivity index (χ3n) is 3.08. The molecule has 0 aliphatic carbocycles. The Kier molecular flexibility index (Phi) is 2.49. The summed E-state index contributed by atoms with van der Waals surface area (Å²) in [6.07, 6.45) is 0. The Balaban J connectivity index is 2.19. The second-order valence-electron chi connectivity index (χ2n) is 4.39. The fraction of sp³-hybridized carbons (Fsp3) is 0.0625. The molecule has 2 nitrogen and oxygen atoms in total. The maximum absolute atomic E-state index is 9.44. The largest absolute Gasteiger partial charge is 0.508 e. The maximum atomic E-state index is 9.44. The lowest BCUT2D eigenvalue weighted by molar-refractivity contribution is 0.475. The monoisotopic (exact) mass is 235 g/mol. The highest BCUT2D eigenvalue weighted by molar-refractivity contribution is 5.81. The van der Waals surface area contributed by atoms with E-state index in [1.807, 2.05) is 37.3 Å². The van der Waals surface area contributed by atoms with E-state index in [9.17, 15) is 5.11 Å². The topological polar surface area (TPSA) is 33.1 Å². The summed E-state index contributed by atoms with van der Waals surface area (Å²) in [6.45, 7) is 1.98. The number of fused-ring (bicyclic) bond motifs is 1. The molecule has 1 N–H and O–H groups in total. The predicted molar refractivity (Wildman–Crippen MR) is 73.6 cm³/mol. The zero-order valence-corrected chi connectivity index (χ0v) is 10.1. The van der Waals surface area contributed by atoms with Gasteiger partial charge in [-0.25, -0.2) is 4.98 Å². The van der Waals surface area contributed by atoms with Crippen LogP contribution in [0.1, 0.15) is 5.56 Å². The number of aromatic hydroxyl groups is 1. The number of nitrogens with zero attached hydrogens (tertiary/aromatic N) is 1. The van der Waals surface area contributed by atoms with Gasteiger partial charge in [0.1, 0.15) is 5.75 Å². The molecule has 0 unspecified atom stereocenters. The summed E-state index contributed by atoms with van der Waals surface area (Å²) in [5.41, 5.74) is 4.00. The lowest BCUT2D eigenvalue weighted by atomic mass is 10.0. The number of phenolic OH excluding ortho intramolecular Hbond substituents is 1. The fourth-order valence-corrected chi connectivity index (χ4v) is 2.15. The molecule has 18 heavy (non-hydrogen) atoms. The normalized spacial score (nSPS) is 10.7. The van der Waals surface area contributed by atoms with Crippen LogP contribution in [0.5, 0.6) is 5.75 Å². The van der Waals surface area contributed by atoms with Crippen molar-refractivity contribution in [2.45, 2.75) is 6.92 Å². The van der Waals surface area contributed by atoms with Crippen molar-refractivity contribution in [2.24, 2.45) is 0 Å². The molecular formula is C16H13NO. The smallest absolute Gasteiger partial charge is 0.115 e. The van der Waals surface area contributed by atoms with Gasteiger partial charge in [0.05, 0.1) is 11.2 Å². The lowest BCUT2D eigenvalue weighted by Gasteiger charge is -2.07. The van der Waals surface area contributed by atoms with E-state index in [1.165, 1.54) is 0 Å². The van der Waals surface area contributed by atoms with E-state index in [4.69, 9.17) is 0 Å². The number of hydrogen-bond donors (Lipinski definition) is 1. The van der Waals surface area contributed by atoms with Gasteiger partial charge in [0.25, 0.3) is 0 Å². The molecule has 0 amide bonds. The number of aryl methyl sites for hydroxylation is 1. The minimum absolute atomic E-state index is 0.289. The van der Waals surface area contributed by atoms with Gasteiger partial charge in [-0.1, -0.05) is 24.3 Å². The third-order valence-corrected chi connectivity index (χ3v) is 3.08. The number of benzene rings is 2. The van der Waals surface area contributed by atoms with Gasteiger partial charge in [0, 0.05) is 10.9 Å². The number of para-hydroxylation sites is 1.